The van der Waals surface area contributed by atoms with E-state index in [0.29, 0.717) is 40.7 Å². The molecule has 1 aromatic heterocycles. The molecule has 1 aromatic carbocycles. The van der Waals surface area contributed by atoms with Crippen LogP contribution < -0.4 is 19.8 Å². The van der Waals surface area contributed by atoms with Gasteiger partial charge in [0, 0.05) is 5.92 Å². The van der Waals surface area contributed by atoms with E-state index in [1.807, 2.05) is 0 Å². The van der Waals surface area contributed by atoms with E-state index in [1.165, 1.54) is 4.31 Å². The molecule has 1 aliphatic heterocycles. The van der Waals surface area contributed by atoms with Crippen molar-refractivity contribution in [3.63, 3.8) is 0 Å². The Bertz CT molecular complexity index is 1060. The second-order valence-corrected chi connectivity index (χ2v) is 9.59. The standard InChI is InChI=1S/C17H17N3O6S2/c18-15(21)11-9-14(27-17(11)20(23)16(22)10-5-6-10)28(24,25)19-7-8-26-13-4-2-1-3-12(13)19/h1-4,9-10,23H,5-8H2,(H2,18,21). The number of nitrogens with zero attached hydrogens (tertiary/aromatic N) is 2. The third-order valence-electron chi connectivity index (χ3n) is 4.51. The molecule has 4 rings (SSSR count). The van der Waals surface area contributed by atoms with Gasteiger partial charge in [0.1, 0.15) is 21.6 Å². The SMILES string of the molecule is NC(=O)c1cc(S(=O)(=O)N2CCOc3ccccc32)sc1N(O)C(=O)C1CC1. The smallest absolute Gasteiger partial charge is 0.274 e. The van der Waals surface area contributed by atoms with Crippen LogP contribution in [0.3, 0.4) is 0 Å². The van der Waals surface area contributed by atoms with E-state index in [1.54, 1.807) is 24.3 Å². The van der Waals surface area contributed by atoms with Crippen molar-refractivity contribution in [3.8, 4) is 5.75 Å². The van der Waals surface area contributed by atoms with Gasteiger partial charge >= 0.3 is 0 Å². The van der Waals surface area contributed by atoms with Gasteiger partial charge in [0.25, 0.3) is 21.8 Å². The fourth-order valence-electron chi connectivity index (χ4n) is 2.93. The van der Waals surface area contributed by atoms with Gasteiger partial charge in [0.2, 0.25) is 0 Å². The van der Waals surface area contributed by atoms with Gasteiger partial charge in [0.15, 0.2) is 0 Å². The molecule has 0 saturated heterocycles. The van der Waals surface area contributed by atoms with Crippen molar-refractivity contribution in [3.05, 3.63) is 35.9 Å². The quantitative estimate of drug-likeness (QED) is 0.554. The highest BCUT2D eigenvalue weighted by molar-refractivity contribution is 7.94. The second-order valence-electron chi connectivity index (χ2n) is 6.47. The van der Waals surface area contributed by atoms with E-state index in [-0.39, 0.29) is 33.8 Å². The number of hydrogen-bond donors (Lipinski definition) is 2. The number of nitrogens with two attached hydrogens (primary N) is 1. The molecule has 0 bridgehead atoms. The molecule has 1 saturated carbocycles. The van der Waals surface area contributed by atoms with Crippen molar-refractivity contribution < 1.29 is 28.0 Å². The van der Waals surface area contributed by atoms with Crippen LogP contribution in [0.25, 0.3) is 0 Å². The number of hydrogen-bond acceptors (Lipinski definition) is 7. The highest BCUT2D eigenvalue weighted by atomic mass is 32.2. The van der Waals surface area contributed by atoms with Gasteiger partial charge in [-0.1, -0.05) is 12.1 Å². The van der Waals surface area contributed by atoms with E-state index in [2.05, 4.69) is 0 Å². The minimum Gasteiger partial charge on any atom is -0.489 e. The van der Waals surface area contributed by atoms with Crippen LogP contribution in [0.15, 0.2) is 34.5 Å². The Morgan fingerprint density at radius 2 is 2.00 bits per heavy atom. The largest absolute Gasteiger partial charge is 0.489 e. The van der Waals surface area contributed by atoms with E-state index < -0.39 is 21.8 Å². The van der Waals surface area contributed by atoms with Gasteiger partial charge in [-0.3, -0.25) is 19.1 Å². The van der Waals surface area contributed by atoms with Crippen molar-refractivity contribution in [2.45, 2.75) is 17.1 Å². The highest BCUT2D eigenvalue weighted by Gasteiger charge is 2.38. The molecular weight excluding hydrogens is 406 g/mol. The number of ether oxygens (including phenoxy) is 1. The van der Waals surface area contributed by atoms with Crippen LogP contribution in [0.4, 0.5) is 10.7 Å². The topological polar surface area (TPSA) is 130 Å². The van der Waals surface area contributed by atoms with Gasteiger partial charge in [-0.15, -0.1) is 11.3 Å². The lowest BCUT2D eigenvalue weighted by Gasteiger charge is -2.29. The number of amides is 2. The molecule has 2 aromatic rings. The molecule has 1 fully saturated rings. The van der Waals surface area contributed by atoms with Gasteiger partial charge in [-0.25, -0.2) is 8.42 Å². The molecule has 0 spiro atoms. The first-order valence-corrected chi connectivity index (χ1v) is 10.8. The van der Waals surface area contributed by atoms with Crippen LogP contribution in [-0.2, 0) is 14.8 Å². The van der Waals surface area contributed by atoms with Crippen LogP contribution in [0.1, 0.15) is 23.2 Å². The van der Waals surface area contributed by atoms with Gasteiger partial charge in [-0.2, -0.15) is 5.06 Å². The lowest BCUT2D eigenvalue weighted by Crippen LogP contribution is -2.37. The summed E-state index contributed by atoms with van der Waals surface area (Å²) in [7, 11) is -4.06. The van der Waals surface area contributed by atoms with Crippen LogP contribution in [0.2, 0.25) is 0 Å². The summed E-state index contributed by atoms with van der Waals surface area (Å²) in [5.74, 6) is -1.40. The zero-order valence-corrected chi connectivity index (χ0v) is 16.2. The summed E-state index contributed by atoms with van der Waals surface area (Å²) < 4.78 is 32.9. The summed E-state index contributed by atoms with van der Waals surface area (Å²) in [4.78, 5) is 24.0. The van der Waals surface area contributed by atoms with Crippen LogP contribution >= 0.6 is 11.3 Å². The number of rotatable bonds is 5. The molecule has 148 valence electrons. The van der Waals surface area contributed by atoms with Crippen molar-refractivity contribution in [1.82, 2.24) is 0 Å². The maximum Gasteiger partial charge on any atom is 0.274 e. The van der Waals surface area contributed by atoms with E-state index in [9.17, 15) is 23.2 Å². The van der Waals surface area contributed by atoms with Crippen molar-refractivity contribution >= 4 is 43.9 Å². The zero-order valence-electron chi connectivity index (χ0n) is 14.6. The van der Waals surface area contributed by atoms with Crippen LogP contribution in [-0.4, -0.2) is 38.6 Å². The fourth-order valence-corrected chi connectivity index (χ4v) is 5.88. The minimum absolute atomic E-state index is 0.0856. The summed E-state index contributed by atoms with van der Waals surface area (Å²) in [5.41, 5.74) is 5.50. The number of primary amides is 1. The van der Waals surface area contributed by atoms with Gasteiger partial charge in [-0.05, 0) is 31.0 Å². The Morgan fingerprint density at radius 1 is 1.29 bits per heavy atom. The molecule has 9 nitrogen and oxygen atoms in total. The highest BCUT2D eigenvalue weighted by Crippen LogP contribution is 2.41. The molecule has 2 aliphatic rings. The monoisotopic (exact) mass is 423 g/mol. The molecular formula is C17H17N3O6S2. The Hall–Kier alpha value is -2.63. The van der Waals surface area contributed by atoms with Crippen molar-refractivity contribution in [2.75, 3.05) is 22.5 Å². The number of benzene rings is 1. The number of para-hydroxylation sites is 2. The molecule has 3 N–H and O–H groups in total. The molecule has 28 heavy (non-hydrogen) atoms. The first kappa shape index (κ1) is 18.7. The van der Waals surface area contributed by atoms with Crippen molar-refractivity contribution in [2.24, 2.45) is 11.7 Å². The molecule has 2 heterocycles. The third-order valence-corrected chi connectivity index (χ3v) is 7.89. The van der Waals surface area contributed by atoms with E-state index in [4.69, 9.17) is 10.5 Å². The number of carbonyl (C=O) groups excluding carboxylic acids is 2. The number of sulfonamides is 1. The predicted octanol–water partition coefficient (Wildman–Crippen LogP) is 1.57. The number of hydroxylamine groups is 1. The Kier molecular flexibility index (Phi) is 4.52. The summed E-state index contributed by atoms with van der Waals surface area (Å²) in [6, 6.07) is 7.80. The van der Waals surface area contributed by atoms with Crippen LogP contribution in [0.5, 0.6) is 5.75 Å². The van der Waals surface area contributed by atoms with Crippen LogP contribution in [0, 0.1) is 5.92 Å². The minimum atomic E-state index is -4.06. The predicted molar refractivity (Wildman–Crippen MR) is 101 cm³/mol. The average molecular weight is 423 g/mol. The first-order valence-electron chi connectivity index (χ1n) is 8.51. The maximum atomic E-state index is 13.2. The molecule has 1 aliphatic carbocycles. The van der Waals surface area contributed by atoms with Gasteiger partial charge < -0.3 is 10.5 Å². The molecule has 2 amide bonds. The number of anilines is 2. The second kappa shape index (κ2) is 6.76. The number of thiophene rings is 1. The van der Waals surface area contributed by atoms with E-state index in [0.717, 1.165) is 6.07 Å². The normalized spacial score (nSPS) is 16.2. The fraction of sp³-hybridized carbons (Fsp3) is 0.294. The summed E-state index contributed by atoms with van der Waals surface area (Å²) >= 11 is 0.629. The third kappa shape index (κ3) is 3.11. The number of carbonyl (C=O) groups is 2. The molecule has 0 atom stereocenters. The first-order chi connectivity index (χ1) is 13.3. The maximum absolute atomic E-state index is 13.2. The Balaban J connectivity index is 1.76. The Labute approximate surface area is 164 Å². The molecule has 11 heteroatoms. The van der Waals surface area contributed by atoms with Gasteiger partial charge in [0.05, 0.1) is 17.8 Å². The van der Waals surface area contributed by atoms with Crippen molar-refractivity contribution in [1.29, 1.82) is 0 Å². The van der Waals surface area contributed by atoms with E-state index >= 15 is 0 Å². The summed E-state index contributed by atoms with van der Waals surface area (Å²) in [5, 5.41) is 10.4. The zero-order chi connectivity index (χ0) is 20.1. The summed E-state index contributed by atoms with van der Waals surface area (Å²) in [6.07, 6.45) is 1.28. The lowest BCUT2D eigenvalue weighted by atomic mass is 10.2. The molecule has 0 unspecified atom stereocenters. The summed E-state index contributed by atoms with van der Waals surface area (Å²) in [6.45, 7) is 0.256. The molecule has 0 radical (unpaired) electrons. The average Bonchev–Trinajstić information content (AvgIpc) is 3.43. The Morgan fingerprint density at radius 3 is 2.68 bits per heavy atom. The lowest BCUT2D eigenvalue weighted by molar-refractivity contribution is -0.124. The number of fused-ring (bicyclic) bond motifs is 1.